The third-order valence-corrected chi connectivity index (χ3v) is 5.98. The minimum atomic E-state index is -3.42. The number of nitrogens with one attached hydrogen (secondary N) is 1. The Morgan fingerprint density at radius 2 is 1.94 bits per heavy atom. The third-order valence-electron chi connectivity index (χ3n) is 5.38. The molecule has 6 nitrogen and oxygen atoms in total. The lowest BCUT2D eigenvalue weighted by atomic mass is 9.88. The van der Waals surface area contributed by atoms with Gasteiger partial charge >= 0.3 is 0 Å². The highest BCUT2D eigenvalue weighted by atomic mass is 32.2. The summed E-state index contributed by atoms with van der Waals surface area (Å²) in [6.45, 7) is 4.53. The van der Waals surface area contributed by atoms with Gasteiger partial charge in [-0.3, -0.25) is 4.72 Å². The van der Waals surface area contributed by atoms with Crippen LogP contribution in [0.5, 0.6) is 11.5 Å². The maximum Gasteiger partial charge on any atom is 0.229 e. The van der Waals surface area contributed by atoms with Crippen molar-refractivity contribution < 1.29 is 17.9 Å². The quantitative estimate of drug-likeness (QED) is 0.522. The lowest BCUT2D eigenvalue weighted by molar-refractivity contribution is 0.242. The summed E-state index contributed by atoms with van der Waals surface area (Å²) in [5, 5.41) is 0. The standard InChI is InChI=1S/C25H26N2O4S/c1-5-14-27(2)19-9-6-8-17(15-19)25-21-16-18(26-32(4,28)29)12-13-20(21)24-22(30-3)10-7-11-23(24)31-25/h5-13,15-16,25-26H,1,14H2,2-4H3. The molecule has 1 aliphatic rings. The number of anilines is 2. The minimum Gasteiger partial charge on any atom is -0.496 e. The minimum absolute atomic E-state index is 0.414. The summed E-state index contributed by atoms with van der Waals surface area (Å²) in [5.41, 5.74) is 5.14. The monoisotopic (exact) mass is 450 g/mol. The molecule has 0 saturated heterocycles. The second kappa shape index (κ2) is 8.59. The van der Waals surface area contributed by atoms with Gasteiger partial charge in [0.25, 0.3) is 0 Å². The summed E-state index contributed by atoms with van der Waals surface area (Å²) >= 11 is 0. The van der Waals surface area contributed by atoms with Gasteiger partial charge in [-0.25, -0.2) is 8.42 Å². The Balaban J connectivity index is 1.88. The molecular formula is C25H26N2O4S. The molecule has 0 amide bonds. The Hall–Kier alpha value is -3.45. The average Bonchev–Trinajstić information content (AvgIpc) is 2.77. The van der Waals surface area contributed by atoms with Gasteiger partial charge in [-0.05, 0) is 47.5 Å². The Labute approximate surface area is 189 Å². The molecule has 1 atom stereocenters. The zero-order valence-corrected chi connectivity index (χ0v) is 19.1. The fourth-order valence-corrected chi connectivity index (χ4v) is 4.55. The Morgan fingerprint density at radius 1 is 1.16 bits per heavy atom. The van der Waals surface area contributed by atoms with E-state index in [4.69, 9.17) is 9.47 Å². The molecule has 1 N–H and O–H groups in total. The summed E-state index contributed by atoms with van der Waals surface area (Å²) in [4.78, 5) is 2.10. The number of methoxy groups -OCH3 is 1. The van der Waals surface area contributed by atoms with E-state index in [0.29, 0.717) is 18.0 Å². The fourth-order valence-electron chi connectivity index (χ4n) is 3.99. The van der Waals surface area contributed by atoms with Crippen LogP contribution in [0.25, 0.3) is 11.1 Å². The van der Waals surface area contributed by atoms with Crippen molar-refractivity contribution in [3.63, 3.8) is 0 Å². The van der Waals surface area contributed by atoms with Crippen LogP contribution in [0.1, 0.15) is 17.2 Å². The van der Waals surface area contributed by atoms with Crippen LogP contribution in [0.4, 0.5) is 11.4 Å². The molecule has 1 aliphatic heterocycles. The van der Waals surface area contributed by atoms with Crippen molar-refractivity contribution in [3.05, 3.63) is 84.4 Å². The molecule has 0 saturated carbocycles. The van der Waals surface area contributed by atoms with Gasteiger partial charge in [0.05, 0.1) is 18.9 Å². The first kappa shape index (κ1) is 21.8. The van der Waals surface area contributed by atoms with Gasteiger partial charge in [0, 0.05) is 30.5 Å². The average molecular weight is 451 g/mol. The van der Waals surface area contributed by atoms with Crippen LogP contribution in [-0.2, 0) is 10.0 Å². The zero-order chi connectivity index (χ0) is 22.9. The van der Waals surface area contributed by atoms with E-state index >= 15 is 0 Å². The van der Waals surface area contributed by atoms with Crippen molar-refractivity contribution in [3.8, 4) is 22.6 Å². The molecule has 0 aromatic heterocycles. The maximum absolute atomic E-state index is 11.8. The number of nitrogens with zero attached hydrogens (tertiary/aromatic N) is 1. The van der Waals surface area contributed by atoms with Crippen molar-refractivity contribution in [2.75, 3.05) is 36.6 Å². The highest BCUT2D eigenvalue weighted by Gasteiger charge is 2.30. The van der Waals surface area contributed by atoms with Crippen molar-refractivity contribution >= 4 is 21.4 Å². The molecule has 3 aromatic rings. The van der Waals surface area contributed by atoms with E-state index in [2.05, 4.69) is 22.3 Å². The van der Waals surface area contributed by atoms with Gasteiger partial charge in [-0.1, -0.05) is 30.3 Å². The molecule has 0 fully saturated rings. The van der Waals surface area contributed by atoms with Crippen LogP contribution in [0.2, 0.25) is 0 Å². The van der Waals surface area contributed by atoms with Crippen LogP contribution >= 0.6 is 0 Å². The van der Waals surface area contributed by atoms with Gasteiger partial charge in [0.1, 0.15) is 17.6 Å². The number of sulfonamides is 1. The van der Waals surface area contributed by atoms with E-state index in [9.17, 15) is 8.42 Å². The lowest BCUT2D eigenvalue weighted by Gasteiger charge is -2.31. The molecule has 0 aliphatic carbocycles. The molecule has 1 heterocycles. The first-order chi connectivity index (χ1) is 15.3. The fraction of sp³-hybridized carbons (Fsp3) is 0.200. The first-order valence-electron chi connectivity index (χ1n) is 10.2. The molecule has 32 heavy (non-hydrogen) atoms. The van der Waals surface area contributed by atoms with Crippen molar-refractivity contribution in [2.24, 2.45) is 0 Å². The highest BCUT2D eigenvalue weighted by molar-refractivity contribution is 7.92. The number of hydrogen-bond acceptors (Lipinski definition) is 5. The van der Waals surface area contributed by atoms with Gasteiger partial charge < -0.3 is 14.4 Å². The highest BCUT2D eigenvalue weighted by Crippen LogP contribution is 2.49. The predicted octanol–water partition coefficient (Wildman–Crippen LogP) is 4.84. The van der Waals surface area contributed by atoms with Crippen molar-refractivity contribution in [2.45, 2.75) is 6.10 Å². The van der Waals surface area contributed by atoms with E-state index in [1.807, 2.05) is 61.7 Å². The summed E-state index contributed by atoms with van der Waals surface area (Å²) in [6.07, 6.45) is 2.57. The largest absolute Gasteiger partial charge is 0.496 e. The molecule has 4 rings (SSSR count). The zero-order valence-electron chi connectivity index (χ0n) is 18.3. The van der Waals surface area contributed by atoms with Gasteiger partial charge in [-0.15, -0.1) is 6.58 Å². The van der Waals surface area contributed by atoms with E-state index in [0.717, 1.165) is 39.9 Å². The van der Waals surface area contributed by atoms with Crippen LogP contribution in [0.15, 0.2) is 73.3 Å². The predicted molar refractivity (Wildman–Crippen MR) is 129 cm³/mol. The van der Waals surface area contributed by atoms with E-state index in [1.165, 1.54) is 0 Å². The second-order valence-electron chi connectivity index (χ2n) is 7.77. The summed E-state index contributed by atoms with van der Waals surface area (Å²) in [6, 6.07) is 19.3. The van der Waals surface area contributed by atoms with E-state index < -0.39 is 16.1 Å². The summed E-state index contributed by atoms with van der Waals surface area (Å²) < 4.78 is 38.3. The van der Waals surface area contributed by atoms with Crippen LogP contribution in [-0.4, -0.2) is 35.4 Å². The number of ether oxygens (including phenoxy) is 2. The van der Waals surface area contributed by atoms with Crippen LogP contribution in [0.3, 0.4) is 0 Å². The van der Waals surface area contributed by atoms with E-state index in [-0.39, 0.29) is 0 Å². The Bertz CT molecular complexity index is 1270. The van der Waals surface area contributed by atoms with Gasteiger partial charge in [0.2, 0.25) is 10.0 Å². The SMILES string of the molecule is C=CCN(C)c1cccc(C2Oc3cccc(OC)c3-c3ccc(NS(C)(=O)=O)cc32)c1. The molecule has 0 spiro atoms. The number of fused-ring (bicyclic) bond motifs is 3. The van der Waals surface area contributed by atoms with Gasteiger partial charge in [0.15, 0.2) is 0 Å². The summed E-state index contributed by atoms with van der Waals surface area (Å²) in [5.74, 6) is 1.42. The van der Waals surface area contributed by atoms with E-state index in [1.54, 1.807) is 13.2 Å². The molecule has 0 bridgehead atoms. The molecular weight excluding hydrogens is 424 g/mol. The van der Waals surface area contributed by atoms with Crippen LogP contribution in [0, 0.1) is 0 Å². The van der Waals surface area contributed by atoms with Crippen LogP contribution < -0.4 is 19.1 Å². The normalized spacial score (nSPS) is 14.5. The first-order valence-corrected chi connectivity index (χ1v) is 12.1. The van der Waals surface area contributed by atoms with Gasteiger partial charge in [-0.2, -0.15) is 0 Å². The number of benzene rings is 3. The number of rotatable bonds is 7. The smallest absolute Gasteiger partial charge is 0.229 e. The molecule has 1 unspecified atom stereocenters. The Kier molecular flexibility index (Phi) is 5.84. The maximum atomic E-state index is 11.8. The molecule has 3 aromatic carbocycles. The molecule has 0 radical (unpaired) electrons. The van der Waals surface area contributed by atoms with Crippen molar-refractivity contribution in [1.29, 1.82) is 0 Å². The number of hydrogen-bond donors (Lipinski definition) is 1. The topological polar surface area (TPSA) is 67.9 Å². The summed E-state index contributed by atoms with van der Waals surface area (Å²) in [7, 11) is 0.215. The second-order valence-corrected chi connectivity index (χ2v) is 9.52. The molecule has 166 valence electrons. The Morgan fingerprint density at radius 3 is 2.66 bits per heavy atom. The lowest BCUT2D eigenvalue weighted by Crippen LogP contribution is -2.19. The van der Waals surface area contributed by atoms with Crippen molar-refractivity contribution in [1.82, 2.24) is 0 Å². The number of likely N-dealkylation sites (N-methyl/N-ethyl adjacent to an activating group) is 1. The third kappa shape index (κ3) is 4.29. The molecule has 7 heteroatoms.